The summed E-state index contributed by atoms with van der Waals surface area (Å²) in [5.41, 5.74) is 4.83. The molecule has 25 heavy (non-hydrogen) atoms. The number of fused-ring (bicyclic) bond motifs is 1. The minimum Gasteiger partial charge on any atom is -0.496 e. The molecule has 132 valence electrons. The van der Waals surface area contributed by atoms with Crippen molar-refractivity contribution >= 4 is 33.8 Å². The summed E-state index contributed by atoms with van der Waals surface area (Å²) in [7, 11) is 1.68. The third kappa shape index (κ3) is 4.27. The molecule has 1 saturated heterocycles. The molecule has 0 unspecified atom stereocenters. The molecule has 1 heterocycles. The predicted molar refractivity (Wildman–Crippen MR) is 105 cm³/mol. The van der Waals surface area contributed by atoms with Gasteiger partial charge in [-0.2, -0.15) is 5.10 Å². The van der Waals surface area contributed by atoms with Gasteiger partial charge in [0, 0.05) is 24.1 Å². The van der Waals surface area contributed by atoms with E-state index in [0.717, 1.165) is 47.2 Å². The van der Waals surface area contributed by atoms with E-state index in [1.54, 1.807) is 7.11 Å². The number of hydrazone groups is 1. The first-order chi connectivity index (χ1) is 12.2. The van der Waals surface area contributed by atoms with E-state index >= 15 is 0 Å². The predicted octanol–water partition coefficient (Wildman–Crippen LogP) is 3.22. The fourth-order valence-corrected chi connectivity index (χ4v) is 3.14. The molecule has 0 bridgehead atoms. The number of ether oxygens (including phenoxy) is 2. The van der Waals surface area contributed by atoms with Crippen molar-refractivity contribution in [2.45, 2.75) is 25.9 Å². The van der Waals surface area contributed by atoms with Crippen LogP contribution in [0.15, 0.2) is 41.5 Å². The Morgan fingerprint density at radius 1 is 1.28 bits per heavy atom. The van der Waals surface area contributed by atoms with E-state index in [-0.39, 0.29) is 6.10 Å². The highest BCUT2D eigenvalue weighted by atomic mass is 32.1. The van der Waals surface area contributed by atoms with Crippen LogP contribution in [0, 0.1) is 0 Å². The molecule has 2 N–H and O–H groups in total. The Labute approximate surface area is 153 Å². The van der Waals surface area contributed by atoms with E-state index in [0.29, 0.717) is 11.7 Å². The number of hydrogen-bond donors (Lipinski definition) is 2. The third-order valence-electron chi connectivity index (χ3n) is 4.33. The Morgan fingerprint density at radius 3 is 2.80 bits per heavy atom. The number of hydrogen-bond acceptors (Lipinski definition) is 4. The molecule has 2 aromatic carbocycles. The van der Waals surface area contributed by atoms with Gasteiger partial charge in [-0.3, -0.25) is 5.43 Å². The van der Waals surface area contributed by atoms with Crippen molar-refractivity contribution in [1.82, 2.24) is 10.7 Å². The summed E-state index contributed by atoms with van der Waals surface area (Å²) in [4.78, 5) is 0. The number of thiocarbonyl (C=S) groups is 1. The molecule has 0 aromatic heterocycles. The highest BCUT2D eigenvalue weighted by Gasteiger charge is 2.15. The van der Waals surface area contributed by atoms with Crippen molar-refractivity contribution in [1.29, 1.82) is 0 Å². The zero-order chi connectivity index (χ0) is 17.6. The topological polar surface area (TPSA) is 54.9 Å². The molecule has 2 aromatic rings. The van der Waals surface area contributed by atoms with E-state index in [1.165, 1.54) is 0 Å². The minimum absolute atomic E-state index is 0.246. The molecule has 5 nitrogen and oxygen atoms in total. The van der Waals surface area contributed by atoms with Gasteiger partial charge in [-0.15, -0.1) is 0 Å². The van der Waals surface area contributed by atoms with Crippen LogP contribution in [0.2, 0.25) is 0 Å². The van der Waals surface area contributed by atoms with Gasteiger partial charge < -0.3 is 14.8 Å². The molecule has 0 saturated carbocycles. The first-order valence-corrected chi connectivity index (χ1v) is 8.85. The zero-order valence-corrected chi connectivity index (χ0v) is 15.4. The van der Waals surface area contributed by atoms with Crippen LogP contribution in [0.5, 0.6) is 5.75 Å². The number of benzene rings is 2. The lowest BCUT2D eigenvalue weighted by atomic mass is 10.0. The highest BCUT2D eigenvalue weighted by molar-refractivity contribution is 7.80. The number of methoxy groups -OCH3 is 1. The summed E-state index contributed by atoms with van der Waals surface area (Å²) >= 11 is 5.29. The van der Waals surface area contributed by atoms with Crippen LogP contribution >= 0.6 is 12.2 Å². The molecule has 0 aliphatic carbocycles. The molecule has 1 fully saturated rings. The summed E-state index contributed by atoms with van der Waals surface area (Å²) in [6.07, 6.45) is 2.44. The maximum Gasteiger partial charge on any atom is 0.187 e. The highest BCUT2D eigenvalue weighted by Crippen LogP contribution is 2.28. The molecular weight excluding hydrogens is 334 g/mol. The number of nitrogens with zero attached hydrogens (tertiary/aromatic N) is 1. The fourth-order valence-electron chi connectivity index (χ4n) is 3.01. The van der Waals surface area contributed by atoms with Crippen LogP contribution in [0.1, 0.15) is 25.3 Å². The molecule has 6 heteroatoms. The largest absolute Gasteiger partial charge is 0.496 e. The number of nitrogens with one attached hydrogen (secondary N) is 2. The van der Waals surface area contributed by atoms with Crippen LogP contribution in [0.25, 0.3) is 10.8 Å². The van der Waals surface area contributed by atoms with Gasteiger partial charge in [0.2, 0.25) is 0 Å². The maximum atomic E-state index is 5.57. The first-order valence-electron chi connectivity index (χ1n) is 8.45. The van der Waals surface area contributed by atoms with Gasteiger partial charge in [0.25, 0.3) is 0 Å². The standard InChI is InChI=1S/C19H23N3O2S/c1-13(21-22-19(25)20-12-14-6-5-11-24-14)15-9-10-18(23-2)17-8-4-3-7-16(15)17/h3-4,7-10,14H,5-6,11-12H2,1-2H3,(H2,20,22,25)/b21-13-/t14-/m1/s1. The molecule has 0 spiro atoms. The SMILES string of the molecule is COc1ccc(/C(C)=N\NC(=S)NC[C@H]2CCCO2)c2ccccc12. The van der Waals surface area contributed by atoms with E-state index in [4.69, 9.17) is 21.7 Å². The Hall–Kier alpha value is -2.18. The smallest absolute Gasteiger partial charge is 0.187 e. The van der Waals surface area contributed by atoms with Crippen LogP contribution in [-0.2, 0) is 4.74 Å². The van der Waals surface area contributed by atoms with Gasteiger partial charge >= 0.3 is 0 Å². The Kier molecular flexibility index (Phi) is 5.83. The number of rotatable bonds is 5. The second-order valence-electron chi connectivity index (χ2n) is 6.02. The van der Waals surface area contributed by atoms with E-state index < -0.39 is 0 Å². The summed E-state index contributed by atoms with van der Waals surface area (Å²) in [6.45, 7) is 3.52. The summed E-state index contributed by atoms with van der Waals surface area (Å²) in [6, 6.07) is 12.1. The summed E-state index contributed by atoms with van der Waals surface area (Å²) in [5.74, 6) is 0.855. The van der Waals surface area contributed by atoms with Crippen LogP contribution in [0.4, 0.5) is 0 Å². The lowest BCUT2D eigenvalue weighted by molar-refractivity contribution is 0.114. The average Bonchev–Trinajstić information content (AvgIpc) is 3.17. The monoisotopic (exact) mass is 357 g/mol. The van der Waals surface area contributed by atoms with Gasteiger partial charge in [-0.1, -0.05) is 24.3 Å². The van der Waals surface area contributed by atoms with Crippen molar-refractivity contribution in [3.05, 3.63) is 42.0 Å². The average molecular weight is 357 g/mol. The van der Waals surface area contributed by atoms with Crippen LogP contribution in [-0.4, -0.2) is 37.2 Å². The Morgan fingerprint density at radius 2 is 2.08 bits per heavy atom. The third-order valence-corrected chi connectivity index (χ3v) is 4.57. The van der Waals surface area contributed by atoms with Crippen LogP contribution < -0.4 is 15.5 Å². The molecule has 1 aliphatic rings. The van der Waals surface area contributed by atoms with Crippen molar-refractivity contribution in [3.63, 3.8) is 0 Å². The summed E-state index contributed by atoms with van der Waals surface area (Å²) < 4.78 is 11.0. The van der Waals surface area contributed by atoms with Gasteiger partial charge in [0.1, 0.15) is 5.75 Å². The Balaban J connectivity index is 1.69. The quantitative estimate of drug-likeness (QED) is 0.489. The van der Waals surface area contributed by atoms with E-state index in [9.17, 15) is 0 Å². The van der Waals surface area contributed by atoms with Gasteiger partial charge in [0.15, 0.2) is 5.11 Å². The van der Waals surface area contributed by atoms with Gasteiger partial charge in [-0.25, -0.2) is 0 Å². The lowest BCUT2D eigenvalue weighted by Crippen LogP contribution is -2.37. The first kappa shape index (κ1) is 17.6. The van der Waals surface area contributed by atoms with Crippen LogP contribution in [0.3, 0.4) is 0 Å². The molecule has 1 atom stereocenters. The normalized spacial score (nSPS) is 17.5. The minimum atomic E-state index is 0.246. The molecule has 0 amide bonds. The van der Waals surface area contributed by atoms with E-state index in [1.807, 2.05) is 37.3 Å². The van der Waals surface area contributed by atoms with Gasteiger partial charge in [0.05, 0.1) is 18.9 Å². The van der Waals surface area contributed by atoms with Crippen molar-refractivity contribution in [2.75, 3.05) is 20.3 Å². The fraction of sp³-hybridized carbons (Fsp3) is 0.368. The summed E-state index contributed by atoms with van der Waals surface area (Å²) in [5, 5.41) is 10.3. The van der Waals surface area contributed by atoms with Crippen molar-refractivity contribution < 1.29 is 9.47 Å². The van der Waals surface area contributed by atoms with Crippen molar-refractivity contribution in [3.8, 4) is 5.75 Å². The maximum absolute atomic E-state index is 5.57. The molecule has 3 rings (SSSR count). The lowest BCUT2D eigenvalue weighted by Gasteiger charge is -2.13. The van der Waals surface area contributed by atoms with E-state index in [2.05, 4.69) is 21.9 Å². The molecule has 0 radical (unpaired) electrons. The molecule has 1 aliphatic heterocycles. The second-order valence-corrected chi connectivity index (χ2v) is 6.42. The second kappa shape index (κ2) is 8.27. The van der Waals surface area contributed by atoms with Crippen molar-refractivity contribution in [2.24, 2.45) is 5.10 Å². The zero-order valence-electron chi connectivity index (χ0n) is 14.5. The molecular formula is C19H23N3O2S. The Bertz CT molecular complexity index is 785. The van der Waals surface area contributed by atoms with Gasteiger partial charge in [-0.05, 0) is 49.5 Å².